The highest BCUT2D eigenvalue weighted by molar-refractivity contribution is 6.51. The summed E-state index contributed by atoms with van der Waals surface area (Å²) < 4.78 is 16.3. The molecule has 34 heavy (non-hydrogen) atoms. The first-order valence-electron chi connectivity index (χ1n) is 10.7. The number of pyridine rings is 1. The highest BCUT2D eigenvalue weighted by Gasteiger charge is 2.47. The first kappa shape index (κ1) is 22.8. The van der Waals surface area contributed by atoms with Gasteiger partial charge in [-0.1, -0.05) is 24.3 Å². The minimum absolute atomic E-state index is 0.0601. The zero-order valence-corrected chi connectivity index (χ0v) is 19.0. The monoisotopic (exact) mass is 460 g/mol. The molecule has 1 amide bonds. The van der Waals surface area contributed by atoms with Gasteiger partial charge in [0.1, 0.15) is 17.3 Å². The third-order valence-corrected chi connectivity index (χ3v) is 5.49. The third kappa shape index (κ3) is 4.05. The number of ketones is 1. The van der Waals surface area contributed by atoms with Gasteiger partial charge in [0.05, 0.1) is 32.4 Å². The fourth-order valence-corrected chi connectivity index (χ4v) is 3.94. The molecule has 1 unspecified atom stereocenters. The maximum Gasteiger partial charge on any atom is 0.301 e. The second kappa shape index (κ2) is 9.66. The highest BCUT2D eigenvalue weighted by Crippen LogP contribution is 2.43. The molecule has 1 aliphatic heterocycles. The molecule has 8 heteroatoms. The van der Waals surface area contributed by atoms with E-state index in [9.17, 15) is 14.7 Å². The Kier molecular flexibility index (Phi) is 6.49. The summed E-state index contributed by atoms with van der Waals surface area (Å²) in [5.41, 5.74) is 0.839. The Balaban J connectivity index is 1.94. The SMILES string of the molecule is CCOc1ccc(C2C(=C(O)c3cccc(OC)c3)C(=O)C(=O)N2c2ccccn2)cc1OC. The number of rotatable bonds is 7. The van der Waals surface area contributed by atoms with E-state index in [0.29, 0.717) is 35.0 Å². The van der Waals surface area contributed by atoms with Gasteiger partial charge in [0.15, 0.2) is 11.5 Å². The van der Waals surface area contributed by atoms with Gasteiger partial charge in [0, 0.05) is 11.8 Å². The van der Waals surface area contributed by atoms with E-state index in [4.69, 9.17) is 14.2 Å². The molecule has 1 fully saturated rings. The van der Waals surface area contributed by atoms with E-state index in [1.807, 2.05) is 6.92 Å². The molecule has 1 atom stereocenters. The Morgan fingerprint density at radius 1 is 1.00 bits per heavy atom. The molecule has 2 heterocycles. The van der Waals surface area contributed by atoms with Crippen molar-refractivity contribution in [2.24, 2.45) is 0 Å². The van der Waals surface area contributed by atoms with Crippen LogP contribution in [0.15, 0.2) is 72.4 Å². The number of hydrogen-bond donors (Lipinski definition) is 1. The number of hydrogen-bond acceptors (Lipinski definition) is 7. The average molecular weight is 460 g/mol. The van der Waals surface area contributed by atoms with Gasteiger partial charge in [-0.15, -0.1) is 0 Å². The van der Waals surface area contributed by atoms with Crippen LogP contribution in [0.1, 0.15) is 24.1 Å². The summed E-state index contributed by atoms with van der Waals surface area (Å²) in [4.78, 5) is 32.0. The van der Waals surface area contributed by atoms with Gasteiger partial charge in [-0.25, -0.2) is 4.98 Å². The van der Waals surface area contributed by atoms with E-state index in [2.05, 4.69) is 4.98 Å². The molecule has 0 saturated carbocycles. The van der Waals surface area contributed by atoms with Gasteiger partial charge >= 0.3 is 5.91 Å². The summed E-state index contributed by atoms with van der Waals surface area (Å²) >= 11 is 0. The second-order valence-corrected chi connectivity index (χ2v) is 7.43. The Morgan fingerprint density at radius 3 is 2.50 bits per heavy atom. The lowest BCUT2D eigenvalue weighted by atomic mass is 9.95. The number of methoxy groups -OCH3 is 2. The molecule has 174 valence electrons. The molecular formula is C26H24N2O6. The number of nitrogens with zero attached hydrogens (tertiary/aromatic N) is 2. The number of carbonyl (C=O) groups is 2. The average Bonchev–Trinajstić information content (AvgIpc) is 3.14. The Hall–Kier alpha value is -4.33. The summed E-state index contributed by atoms with van der Waals surface area (Å²) in [6.45, 7) is 2.30. The molecule has 3 aromatic rings. The lowest BCUT2D eigenvalue weighted by Crippen LogP contribution is -2.30. The number of carbonyl (C=O) groups excluding carboxylic acids is 2. The van der Waals surface area contributed by atoms with E-state index >= 15 is 0 Å². The van der Waals surface area contributed by atoms with Gasteiger partial charge in [-0.2, -0.15) is 0 Å². The Morgan fingerprint density at radius 2 is 1.82 bits per heavy atom. The fourth-order valence-electron chi connectivity index (χ4n) is 3.94. The van der Waals surface area contributed by atoms with Crippen LogP contribution in [-0.2, 0) is 9.59 Å². The molecule has 1 saturated heterocycles. The molecule has 0 spiro atoms. The molecule has 8 nitrogen and oxygen atoms in total. The molecule has 0 aliphatic carbocycles. The van der Waals surface area contributed by atoms with Gasteiger partial charge in [0.25, 0.3) is 5.78 Å². The molecule has 1 aromatic heterocycles. The van der Waals surface area contributed by atoms with Crippen LogP contribution >= 0.6 is 0 Å². The summed E-state index contributed by atoms with van der Waals surface area (Å²) in [6.07, 6.45) is 1.53. The smallest absolute Gasteiger partial charge is 0.301 e. The molecule has 1 N–H and O–H groups in total. The minimum Gasteiger partial charge on any atom is -0.507 e. The van der Waals surface area contributed by atoms with Crippen LogP contribution in [0.2, 0.25) is 0 Å². The summed E-state index contributed by atoms with van der Waals surface area (Å²) in [7, 11) is 3.01. The van der Waals surface area contributed by atoms with Crippen LogP contribution in [0.5, 0.6) is 17.2 Å². The minimum atomic E-state index is -0.939. The van der Waals surface area contributed by atoms with Gasteiger partial charge in [-0.3, -0.25) is 14.5 Å². The second-order valence-electron chi connectivity index (χ2n) is 7.43. The van der Waals surface area contributed by atoms with E-state index < -0.39 is 17.7 Å². The maximum atomic E-state index is 13.2. The number of amides is 1. The summed E-state index contributed by atoms with van der Waals surface area (Å²) in [5.74, 6) is -0.170. The quantitative estimate of drug-likeness (QED) is 0.322. The van der Waals surface area contributed by atoms with Crippen LogP contribution in [0, 0.1) is 0 Å². The van der Waals surface area contributed by atoms with Gasteiger partial charge < -0.3 is 19.3 Å². The van der Waals surface area contributed by atoms with Crippen molar-refractivity contribution in [2.75, 3.05) is 25.7 Å². The Bertz CT molecular complexity index is 1260. The number of ether oxygens (including phenoxy) is 3. The molecular weight excluding hydrogens is 436 g/mol. The van der Waals surface area contributed by atoms with E-state index in [1.165, 1.54) is 25.3 Å². The first-order valence-corrected chi connectivity index (χ1v) is 10.7. The van der Waals surface area contributed by atoms with Gasteiger partial charge in [-0.05, 0) is 48.9 Å². The van der Waals surface area contributed by atoms with Crippen molar-refractivity contribution in [3.8, 4) is 17.2 Å². The molecule has 4 rings (SSSR count). The van der Waals surface area contributed by atoms with E-state index in [0.717, 1.165) is 0 Å². The third-order valence-electron chi connectivity index (χ3n) is 5.49. The predicted molar refractivity (Wildman–Crippen MR) is 126 cm³/mol. The lowest BCUT2D eigenvalue weighted by molar-refractivity contribution is -0.132. The summed E-state index contributed by atoms with van der Waals surface area (Å²) in [5, 5.41) is 11.2. The summed E-state index contributed by atoms with van der Waals surface area (Å²) in [6, 6.07) is 15.9. The number of Topliss-reactive ketones (excluding diaryl/α,β-unsaturated/α-hetero) is 1. The fraction of sp³-hybridized carbons (Fsp3) is 0.192. The topological polar surface area (TPSA) is 98.2 Å². The van der Waals surface area contributed by atoms with Crippen molar-refractivity contribution in [3.63, 3.8) is 0 Å². The lowest BCUT2D eigenvalue weighted by Gasteiger charge is -2.25. The van der Waals surface area contributed by atoms with E-state index in [-0.39, 0.29) is 17.2 Å². The van der Waals surface area contributed by atoms with Crippen molar-refractivity contribution in [3.05, 3.63) is 83.6 Å². The normalized spacial score (nSPS) is 17.0. The Labute approximate surface area is 197 Å². The zero-order valence-electron chi connectivity index (χ0n) is 19.0. The highest BCUT2D eigenvalue weighted by atomic mass is 16.5. The van der Waals surface area contributed by atoms with Crippen molar-refractivity contribution < 1.29 is 28.9 Å². The van der Waals surface area contributed by atoms with Crippen LogP contribution in [0.3, 0.4) is 0 Å². The number of anilines is 1. The molecule has 2 aromatic carbocycles. The number of aromatic nitrogens is 1. The maximum absolute atomic E-state index is 13.2. The van der Waals surface area contributed by atoms with Crippen molar-refractivity contribution in [1.29, 1.82) is 0 Å². The van der Waals surface area contributed by atoms with Crippen molar-refractivity contribution >= 4 is 23.3 Å². The van der Waals surface area contributed by atoms with Crippen molar-refractivity contribution in [2.45, 2.75) is 13.0 Å². The standard InChI is InChI=1S/C26H24N2O6/c1-4-34-19-12-11-16(15-20(19)33-3)23-22(24(29)17-8-7-9-18(14-17)32-2)25(30)26(31)28(23)21-10-5-6-13-27-21/h5-15,23,29H,4H2,1-3H3. The van der Waals surface area contributed by atoms with Crippen LogP contribution < -0.4 is 19.1 Å². The van der Waals surface area contributed by atoms with Gasteiger partial charge in [0.2, 0.25) is 0 Å². The molecule has 0 bridgehead atoms. The van der Waals surface area contributed by atoms with E-state index in [1.54, 1.807) is 60.7 Å². The molecule has 0 radical (unpaired) electrons. The zero-order chi connectivity index (χ0) is 24.2. The number of benzene rings is 2. The van der Waals surface area contributed by atoms with Crippen LogP contribution in [-0.4, -0.2) is 42.6 Å². The largest absolute Gasteiger partial charge is 0.507 e. The predicted octanol–water partition coefficient (Wildman–Crippen LogP) is 4.12. The number of aliphatic hydroxyl groups is 1. The van der Waals surface area contributed by atoms with Crippen LogP contribution in [0.25, 0.3) is 5.76 Å². The van der Waals surface area contributed by atoms with Crippen molar-refractivity contribution in [1.82, 2.24) is 4.98 Å². The van der Waals surface area contributed by atoms with Crippen LogP contribution in [0.4, 0.5) is 5.82 Å². The number of aliphatic hydroxyl groups excluding tert-OH is 1. The first-order chi connectivity index (χ1) is 16.5. The molecule has 1 aliphatic rings.